The van der Waals surface area contributed by atoms with Crippen molar-refractivity contribution in [3.05, 3.63) is 144 Å². The van der Waals surface area contributed by atoms with Gasteiger partial charge < -0.3 is 28.5 Å². The molecule has 0 amide bonds. The Bertz CT molecular complexity index is 1370. The van der Waals surface area contributed by atoms with E-state index < -0.39 is 0 Å². The number of nitrogens with zero attached hydrogens (tertiary/aromatic N) is 1. The van der Waals surface area contributed by atoms with Crippen molar-refractivity contribution < 1.29 is 28.5 Å². The zero-order valence-corrected chi connectivity index (χ0v) is 24.2. The van der Waals surface area contributed by atoms with Crippen LogP contribution in [0.2, 0.25) is 0 Å². The molecular weight excluding hydrogens is 561 g/mol. The van der Waals surface area contributed by atoms with Gasteiger partial charge in [0.1, 0.15) is 0 Å². The second kappa shape index (κ2) is 9.89. The van der Waals surface area contributed by atoms with E-state index in [-0.39, 0.29) is 34.8 Å². The van der Waals surface area contributed by atoms with Crippen molar-refractivity contribution in [1.82, 2.24) is 0 Å². The maximum atomic E-state index is 2.39. The van der Waals surface area contributed by atoms with E-state index in [1.807, 2.05) is 0 Å². The smallest absolute Gasteiger partial charge is 0.0821 e. The van der Waals surface area contributed by atoms with Crippen LogP contribution in [0.3, 0.4) is 0 Å². The first-order valence-corrected chi connectivity index (χ1v) is 13.2. The Morgan fingerprint density at radius 1 is 0.595 bits per heavy atom. The van der Waals surface area contributed by atoms with E-state index >= 15 is 0 Å². The van der Waals surface area contributed by atoms with Gasteiger partial charge in [0.2, 0.25) is 0 Å². The molecule has 188 valence electrons. The first kappa shape index (κ1) is 25.9. The molecule has 0 heterocycles. The molecule has 1 saturated carbocycles. The van der Waals surface area contributed by atoms with E-state index in [2.05, 4.69) is 142 Å². The van der Waals surface area contributed by atoms with Gasteiger partial charge in [-0.3, -0.25) is 0 Å². The minimum absolute atomic E-state index is 0. The monoisotopic (exact) mass is 597 g/mol. The first-order valence-electron chi connectivity index (χ1n) is 13.2. The van der Waals surface area contributed by atoms with E-state index in [1.54, 1.807) is 0 Å². The predicted octanol–water partition coefficient (Wildman–Crippen LogP) is 4.61. The summed E-state index contributed by atoms with van der Waals surface area (Å²) >= 11 is 0. The van der Waals surface area contributed by atoms with Crippen LogP contribution in [-0.2, 0) is 10.8 Å². The summed E-state index contributed by atoms with van der Waals surface area (Å²) in [4.78, 5) is 0. The lowest BCUT2D eigenvalue weighted by atomic mass is 9.62. The average molecular weight is 598 g/mol. The molecule has 4 aromatic rings. The lowest BCUT2D eigenvalue weighted by Crippen LogP contribution is -3.00. The minimum atomic E-state index is -0.0465. The zero-order valence-electron chi connectivity index (χ0n) is 22.1. The summed E-state index contributed by atoms with van der Waals surface area (Å²) < 4.78 is 0.965. The molecule has 0 aliphatic heterocycles. The second-order valence-electron chi connectivity index (χ2n) is 11.8. The van der Waals surface area contributed by atoms with Crippen LogP contribution in [0.1, 0.15) is 35.1 Å². The lowest BCUT2D eigenvalue weighted by Gasteiger charge is -2.43. The molecule has 0 saturated heterocycles. The molecule has 3 unspecified atom stereocenters. The van der Waals surface area contributed by atoms with E-state index in [4.69, 9.17) is 0 Å². The maximum Gasteiger partial charge on any atom is 0.0821 e. The fourth-order valence-corrected chi connectivity index (χ4v) is 7.49. The Morgan fingerprint density at radius 2 is 1.03 bits per heavy atom. The van der Waals surface area contributed by atoms with Gasteiger partial charge in [0, 0.05) is 16.7 Å². The van der Waals surface area contributed by atoms with Crippen molar-refractivity contribution in [3.8, 4) is 0 Å². The Labute approximate surface area is 239 Å². The minimum Gasteiger partial charge on any atom is -1.00 e. The summed E-state index contributed by atoms with van der Waals surface area (Å²) in [5, 5.41) is 0. The molecule has 6 rings (SSSR count). The topological polar surface area (TPSA) is 0 Å². The molecular formula is C35H36IN. The third-order valence-corrected chi connectivity index (χ3v) is 8.56. The van der Waals surface area contributed by atoms with E-state index in [0.717, 1.165) is 17.4 Å². The molecule has 4 aromatic carbocycles. The fourth-order valence-electron chi connectivity index (χ4n) is 7.49. The summed E-state index contributed by atoms with van der Waals surface area (Å²) in [5.41, 5.74) is 8.64. The molecule has 2 heteroatoms. The predicted molar refractivity (Wildman–Crippen MR) is 152 cm³/mol. The fraction of sp³-hybridized carbons (Fsp3) is 0.257. The summed E-state index contributed by atoms with van der Waals surface area (Å²) in [6.07, 6.45) is 2.29. The number of allylic oxidation sites excluding steroid dienone is 2. The maximum absolute atomic E-state index is 2.39. The molecule has 1 nitrogen and oxygen atoms in total. The highest BCUT2D eigenvalue weighted by Gasteiger charge is 2.66. The SMILES string of the molecule is C[N+](C)(C)CC1CC2(c3ccccc3)CC1(c1ccccc1)C(c1ccccc1)=C2c1ccccc1.[I-]. The van der Waals surface area contributed by atoms with Crippen LogP contribution in [0.25, 0.3) is 11.1 Å². The number of hydrogen-bond donors (Lipinski definition) is 0. The molecule has 1 fully saturated rings. The van der Waals surface area contributed by atoms with Gasteiger partial charge in [0.25, 0.3) is 0 Å². The Kier molecular flexibility index (Phi) is 6.93. The summed E-state index contributed by atoms with van der Waals surface area (Å²) in [6.45, 7) is 1.14. The van der Waals surface area contributed by atoms with Crippen molar-refractivity contribution in [2.45, 2.75) is 23.7 Å². The third-order valence-electron chi connectivity index (χ3n) is 8.56. The molecule has 2 bridgehead atoms. The van der Waals surface area contributed by atoms with Gasteiger partial charge in [-0.05, 0) is 46.2 Å². The largest absolute Gasteiger partial charge is 1.00 e. The molecule has 3 atom stereocenters. The highest BCUT2D eigenvalue weighted by atomic mass is 127. The molecule has 0 spiro atoms. The highest BCUT2D eigenvalue weighted by molar-refractivity contribution is 6.04. The number of halogens is 1. The molecule has 2 aliphatic carbocycles. The number of benzene rings is 4. The molecule has 0 radical (unpaired) electrons. The molecule has 37 heavy (non-hydrogen) atoms. The molecule has 2 aliphatic rings. The number of quaternary nitrogens is 1. The Hall–Kier alpha value is -2.69. The summed E-state index contributed by atoms with van der Waals surface area (Å²) in [5.74, 6) is 0.530. The van der Waals surface area contributed by atoms with Crippen LogP contribution < -0.4 is 24.0 Å². The van der Waals surface area contributed by atoms with Crippen LogP contribution in [-0.4, -0.2) is 32.2 Å². The van der Waals surface area contributed by atoms with Crippen molar-refractivity contribution >= 4 is 11.1 Å². The number of fused-ring (bicyclic) bond motifs is 2. The van der Waals surface area contributed by atoms with Gasteiger partial charge >= 0.3 is 0 Å². The summed E-state index contributed by atoms with van der Waals surface area (Å²) in [6, 6.07) is 45.2. The van der Waals surface area contributed by atoms with Crippen LogP contribution in [0.5, 0.6) is 0 Å². The van der Waals surface area contributed by atoms with Crippen molar-refractivity contribution in [2.75, 3.05) is 27.7 Å². The van der Waals surface area contributed by atoms with Crippen LogP contribution in [0, 0.1) is 5.92 Å². The first-order chi connectivity index (χ1) is 17.4. The zero-order chi connectivity index (χ0) is 24.8. The highest BCUT2D eigenvalue weighted by Crippen LogP contribution is 2.72. The Morgan fingerprint density at radius 3 is 1.51 bits per heavy atom. The molecule has 0 N–H and O–H groups in total. The van der Waals surface area contributed by atoms with Crippen molar-refractivity contribution in [3.63, 3.8) is 0 Å². The molecule has 0 aromatic heterocycles. The second-order valence-corrected chi connectivity index (χ2v) is 11.8. The van der Waals surface area contributed by atoms with Gasteiger partial charge in [-0.15, -0.1) is 0 Å². The third kappa shape index (κ3) is 4.28. The van der Waals surface area contributed by atoms with Gasteiger partial charge in [-0.1, -0.05) is 121 Å². The van der Waals surface area contributed by atoms with Crippen LogP contribution in [0.15, 0.2) is 121 Å². The average Bonchev–Trinajstić information content (AvgIpc) is 3.40. The normalized spacial score (nSPS) is 24.7. The quantitative estimate of drug-likeness (QED) is 0.225. The van der Waals surface area contributed by atoms with Gasteiger partial charge in [0.15, 0.2) is 0 Å². The van der Waals surface area contributed by atoms with Crippen molar-refractivity contribution in [2.24, 2.45) is 5.92 Å². The lowest BCUT2D eigenvalue weighted by molar-refractivity contribution is -0.874. The van der Waals surface area contributed by atoms with Crippen molar-refractivity contribution in [1.29, 1.82) is 0 Å². The number of hydrogen-bond acceptors (Lipinski definition) is 0. The van der Waals surface area contributed by atoms with Gasteiger partial charge in [-0.2, -0.15) is 0 Å². The standard InChI is InChI=1S/C35H36N.HI/c1-36(2,3)25-31-24-34(29-20-12-6-13-21-29)26-35(31,30-22-14-7-15-23-30)33(28-18-10-5-11-19-28)32(34)27-16-8-4-9-17-27;/h4-23,31H,24-26H2,1-3H3;1H/q+1;/p-1. The van der Waals surface area contributed by atoms with Crippen LogP contribution >= 0.6 is 0 Å². The number of rotatable bonds is 6. The van der Waals surface area contributed by atoms with Gasteiger partial charge in [0.05, 0.1) is 27.7 Å². The van der Waals surface area contributed by atoms with E-state index in [0.29, 0.717) is 5.92 Å². The Balaban J connectivity index is 0.00000280. The summed E-state index contributed by atoms with van der Waals surface area (Å²) in [7, 11) is 7.05. The van der Waals surface area contributed by atoms with Crippen LogP contribution in [0.4, 0.5) is 0 Å². The van der Waals surface area contributed by atoms with E-state index in [1.165, 1.54) is 39.8 Å². The van der Waals surface area contributed by atoms with E-state index in [9.17, 15) is 0 Å². The van der Waals surface area contributed by atoms with Gasteiger partial charge in [-0.25, -0.2) is 0 Å².